The van der Waals surface area contributed by atoms with Crippen molar-refractivity contribution in [2.75, 3.05) is 27.9 Å². The van der Waals surface area contributed by atoms with Crippen molar-refractivity contribution in [1.82, 2.24) is 5.32 Å². The van der Waals surface area contributed by atoms with E-state index >= 15 is 0 Å². The Morgan fingerprint density at radius 3 is 2.17 bits per heavy atom. The number of rotatable bonds is 10. The van der Waals surface area contributed by atoms with E-state index in [-0.39, 0.29) is 11.7 Å². The van der Waals surface area contributed by atoms with Gasteiger partial charge in [0, 0.05) is 24.9 Å². The van der Waals surface area contributed by atoms with Gasteiger partial charge < -0.3 is 24.4 Å². The molecule has 2 aromatic rings. The Hall–Kier alpha value is -2.80. The van der Waals surface area contributed by atoms with Crippen LogP contribution in [0.3, 0.4) is 0 Å². The summed E-state index contributed by atoms with van der Waals surface area (Å²) < 4.78 is 29.2. The smallest absolute Gasteiger partial charge is 0.275 e. The normalized spacial score (nSPS) is 14.2. The summed E-state index contributed by atoms with van der Waals surface area (Å²) in [7, 11) is 4.68. The quantitative estimate of drug-likeness (QED) is 0.634. The third-order valence-corrected chi connectivity index (χ3v) is 5.10. The molecule has 1 aliphatic rings. The summed E-state index contributed by atoms with van der Waals surface area (Å²) in [5.74, 6) is 1.36. The summed E-state index contributed by atoms with van der Waals surface area (Å²) >= 11 is 0. The third kappa shape index (κ3) is 5.60. The van der Waals surface area contributed by atoms with Gasteiger partial charge in [-0.15, -0.1) is 0 Å². The zero-order chi connectivity index (χ0) is 20.8. The number of ether oxygens (including phenoxy) is 3. The molecule has 7 heteroatoms. The van der Waals surface area contributed by atoms with Gasteiger partial charge in [-0.1, -0.05) is 12.1 Å². The van der Waals surface area contributed by atoms with Gasteiger partial charge in [0.2, 0.25) is 5.75 Å². The number of hydrogen-bond acceptors (Lipinski definition) is 4. The molecule has 1 aliphatic carbocycles. The molecule has 1 fully saturated rings. The van der Waals surface area contributed by atoms with Crippen LogP contribution in [-0.2, 0) is 17.9 Å². The maximum Gasteiger partial charge on any atom is 0.275 e. The van der Waals surface area contributed by atoms with Crippen molar-refractivity contribution in [3.8, 4) is 17.2 Å². The van der Waals surface area contributed by atoms with Crippen molar-refractivity contribution >= 4 is 5.91 Å². The molecule has 0 saturated heterocycles. The van der Waals surface area contributed by atoms with Crippen molar-refractivity contribution in [2.45, 2.75) is 32.0 Å². The average molecular weight is 403 g/mol. The number of nitrogens with one attached hydrogen (secondary N) is 2. The van der Waals surface area contributed by atoms with E-state index in [9.17, 15) is 9.18 Å². The Balaban J connectivity index is 1.60. The molecule has 0 spiro atoms. The molecule has 0 bridgehead atoms. The first-order valence-corrected chi connectivity index (χ1v) is 9.68. The van der Waals surface area contributed by atoms with Crippen molar-refractivity contribution in [1.29, 1.82) is 0 Å². The van der Waals surface area contributed by atoms with Gasteiger partial charge in [0.15, 0.2) is 18.0 Å². The number of hydrogen-bond donors (Lipinski definition) is 2. The fourth-order valence-corrected chi connectivity index (χ4v) is 3.41. The first-order chi connectivity index (χ1) is 14.0. The number of methoxy groups -OCH3 is 3. The SMILES string of the molecule is COc1cc(CNC(=O)C[NH+](Cc2ccc(F)cc2)C2CC2)cc(OC)c1OC. The maximum absolute atomic E-state index is 13.1. The second-order valence-corrected chi connectivity index (χ2v) is 7.22. The first kappa shape index (κ1) is 20.9. The van der Waals surface area contributed by atoms with Crippen LogP contribution in [0.4, 0.5) is 4.39 Å². The molecular formula is C22H28FN2O4+. The number of carbonyl (C=O) groups is 1. The molecule has 1 unspecified atom stereocenters. The highest BCUT2D eigenvalue weighted by molar-refractivity contribution is 5.76. The molecule has 0 radical (unpaired) electrons. The van der Waals surface area contributed by atoms with E-state index in [4.69, 9.17) is 14.2 Å². The van der Waals surface area contributed by atoms with Crippen molar-refractivity contribution in [3.63, 3.8) is 0 Å². The van der Waals surface area contributed by atoms with E-state index < -0.39 is 0 Å². The van der Waals surface area contributed by atoms with Crippen molar-refractivity contribution in [3.05, 3.63) is 53.3 Å². The van der Waals surface area contributed by atoms with E-state index in [0.29, 0.717) is 42.9 Å². The predicted octanol–water partition coefficient (Wildman–Crippen LogP) is 1.72. The molecule has 156 valence electrons. The Labute approximate surface area is 170 Å². The van der Waals surface area contributed by atoms with Gasteiger partial charge in [-0.25, -0.2) is 4.39 Å². The number of carbonyl (C=O) groups excluding carboxylic acids is 1. The molecule has 1 amide bonds. The zero-order valence-corrected chi connectivity index (χ0v) is 17.1. The molecule has 29 heavy (non-hydrogen) atoms. The van der Waals surface area contributed by atoms with Gasteiger partial charge in [-0.05, 0) is 29.8 Å². The summed E-state index contributed by atoms with van der Waals surface area (Å²) in [4.78, 5) is 13.8. The lowest BCUT2D eigenvalue weighted by molar-refractivity contribution is -0.917. The fraction of sp³-hybridized carbons (Fsp3) is 0.409. The fourth-order valence-electron chi connectivity index (χ4n) is 3.41. The lowest BCUT2D eigenvalue weighted by atomic mass is 10.1. The summed E-state index contributed by atoms with van der Waals surface area (Å²) in [5.41, 5.74) is 1.89. The number of benzene rings is 2. The number of amides is 1. The van der Waals surface area contributed by atoms with Crippen LogP contribution < -0.4 is 24.4 Å². The summed E-state index contributed by atoms with van der Waals surface area (Å²) in [6.45, 7) is 1.46. The predicted molar refractivity (Wildman–Crippen MR) is 107 cm³/mol. The molecule has 2 aromatic carbocycles. The van der Waals surface area contributed by atoms with Crippen LogP contribution in [0.5, 0.6) is 17.2 Å². The van der Waals surface area contributed by atoms with Gasteiger partial charge in [-0.2, -0.15) is 0 Å². The van der Waals surface area contributed by atoms with Crippen LogP contribution in [-0.4, -0.2) is 39.8 Å². The minimum absolute atomic E-state index is 0.0252. The van der Waals surface area contributed by atoms with Gasteiger partial charge >= 0.3 is 0 Å². The Morgan fingerprint density at radius 1 is 1.03 bits per heavy atom. The summed E-state index contributed by atoms with van der Waals surface area (Å²) in [5, 5.41) is 2.98. The first-order valence-electron chi connectivity index (χ1n) is 9.68. The van der Waals surface area contributed by atoms with Gasteiger partial charge in [-0.3, -0.25) is 4.79 Å². The zero-order valence-electron chi connectivity index (χ0n) is 17.1. The highest BCUT2D eigenvalue weighted by Gasteiger charge is 2.34. The average Bonchev–Trinajstić information content (AvgIpc) is 3.57. The molecule has 3 rings (SSSR count). The maximum atomic E-state index is 13.1. The van der Waals surface area contributed by atoms with Crippen molar-refractivity contribution < 1.29 is 28.3 Å². The Bertz CT molecular complexity index is 812. The van der Waals surface area contributed by atoms with Crippen molar-refractivity contribution in [2.24, 2.45) is 0 Å². The molecule has 0 aliphatic heterocycles. The molecule has 0 aromatic heterocycles. The highest BCUT2D eigenvalue weighted by Crippen LogP contribution is 2.38. The summed E-state index contributed by atoms with van der Waals surface area (Å²) in [6.07, 6.45) is 2.24. The monoisotopic (exact) mass is 403 g/mol. The van der Waals surface area contributed by atoms with Gasteiger partial charge in [0.05, 0.1) is 27.4 Å². The topological polar surface area (TPSA) is 61.2 Å². The van der Waals surface area contributed by atoms with E-state index in [0.717, 1.165) is 24.0 Å². The van der Waals surface area contributed by atoms with Gasteiger partial charge in [0.25, 0.3) is 5.91 Å². The lowest BCUT2D eigenvalue weighted by Crippen LogP contribution is -3.13. The van der Waals surface area contributed by atoms with E-state index in [1.165, 1.54) is 17.0 Å². The third-order valence-electron chi connectivity index (χ3n) is 5.10. The molecular weight excluding hydrogens is 375 g/mol. The van der Waals surface area contributed by atoms with Crippen LogP contribution in [0.1, 0.15) is 24.0 Å². The highest BCUT2D eigenvalue weighted by atomic mass is 19.1. The lowest BCUT2D eigenvalue weighted by Gasteiger charge is -2.19. The van der Waals surface area contributed by atoms with Crippen LogP contribution >= 0.6 is 0 Å². The van der Waals surface area contributed by atoms with E-state index in [2.05, 4.69) is 5.32 Å². The number of halogens is 1. The molecule has 1 atom stereocenters. The molecule has 6 nitrogen and oxygen atoms in total. The second-order valence-electron chi connectivity index (χ2n) is 7.22. The Morgan fingerprint density at radius 2 is 1.66 bits per heavy atom. The van der Waals surface area contributed by atoms with E-state index in [1.807, 2.05) is 12.1 Å². The second kappa shape index (κ2) is 9.60. The minimum Gasteiger partial charge on any atom is -0.493 e. The molecule has 2 N–H and O–H groups in total. The molecule has 0 heterocycles. The minimum atomic E-state index is -0.246. The van der Waals surface area contributed by atoms with Gasteiger partial charge in [0.1, 0.15) is 12.4 Å². The van der Waals surface area contributed by atoms with Crippen LogP contribution in [0.15, 0.2) is 36.4 Å². The van der Waals surface area contributed by atoms with Crippen LogP contribution in [0, 0.1) is 5.82 Å². The molecule has 1 saturated carbocycles. The van der Waals surface area contributed by atoms with E-state index in [1.54, 1.807) is 33.5 Å². The standard InChI is InChI=1S/C22H27FN2O4/c1-27-19-10-16(11-20(28-2)22(19)29-3)12-24-21(26)14-25(18-8-9-18)13-15-4-6-17(23)7-5-15/h4-7,10-11,18H,8-9,12-14H2,1-3H3,(H,24,26)/p+1. The van der Waals surface area contributed by atoms with Crippen LogP contribution in [0.2, 0.25) is 0 Å². The largest absolute Gasteiger partial charge is 0.493 e. The number of quaternary nitrogens is 1. The Kier molecular flexibility index (Phi) is 6.93. The summed E-state index contributed by atoms with van der Waals surface area (Å²) in [6, 6.07) is 10.6. The van der Waals surface area contributed by atoms with Crippen LogP contribution in [0.25, 0.3) is 0 Å².